The highest BCUT2D eigenvalue weighted by molar-refractivity contribution is 9.10. The van der Waals surface area contributed by atoms with E-state index in [-0.39, 0.29) is 11.9 Å². The molecule has 0 fully saturated rings. The first-order chi connectivity index (χ1) is 10.1. The third kappa shape index (κ3) is 3.53. The van der Waals surface area contributed by atoms with Crippen molar-refractivity contribution in [3.8, 4) is 0 Å². The van der Waals surface area contributed by atoms with Crippen LogP contribution >= 0.6 is 15.9 Å². The smallest absolute Gasteiger partial charge is 0.245 e. The number of halogens is 1. The second kappa shape index (κ2) is 6.89. The summed E-state index contributed by atoms with van der Waals surface area (Å²) in [4.78, 5) is 12.3. The normalized spacial score (nSPS) is 12.4. The number of hydrogen-bond donors (Lipinski definition) is 1. The monoisotopic (exact) mass is 353 g/mol. The Morgan fingerprint density at radius 1 is 1.38 bits per heavy atom. The van der Waals surface area contributed by atoms with Gasteiger partial charge in [-0.25, -0.2) is 0 Å². The minimum atomic E-state index is -0.294. The van der Waals surface area contributed by atoms with Gasteiger partial charge in [0.2, 0.25) is 5.91 Å². The average molecular weight is 354 g/mol. The predicted octanol–water partition coefficient (Wildman–Crippen LogP) is 2.44. The third-order valence-corrected chi connectivity index (χ3v) is 3.95. The van der Waals surface area contributed by atoms with Gasteiger partial charge < -0.3 is 5.32 Å². The van der Waals surface area contributed by atoms with Crippen LogP contribution in [0.15, 0.2) is 23.1 Å². The molecule has 0 aromatic carbocycles. The Morgan fingerprint density at radius 2 is 2.14 bits per heavy atom. The molecule has 0 aliphatic carbocycles. The number of rotatable bonds is 6. The van der Waals surface area contributed by atoms with Crippen molar-refractivity contribution < 1.29 is 4.79 Å². The lowest BCUT2D eigenvalue weighted by Crippen LogP contribution is -2.32. The molecule has 2 rings (SSSR count). The summed E-state index contributed by atoms with van der Waals surface area (Å²) in [5.74, 6) is -0.0308. The molecule has 0 saturated carbocycles. The quantitative estimate of drug-likeness (QED) is 0.867. The Hall–Kier alpha value is -1.63. The van der Waals surface area contributed by atoms with E-state index in [2.05, 4.69) is 31.4 Å². The van der Waals surface area contributed by atoms with Crippen LogP contribution in [0.2, 0.25) is 0 Å². The van der Waals surface area contributed by atoms with E-state index in [4.69, 9.17) is 0 Å². The molecule has 1 amide bonds. The van der Waals surface area contributed by atoms with Gasteiger partial charge in [0, 0.05) is 30.5 Å². The molecule has 0 aliphatic rings. The van der Waals surface area contributed by atoms with Gasteiger partial charge in [-0.3, -0.25) is 14.2 Å². The van der Waals surface area contributed by atoms with Crippen LogP contribution < -0.4 is 5.32 Å². The lowest BCUT2D eigenvalue weighted by atomic mass is 10.2. The van der Waals surface area contributed by atoms with Gasteiger partial charge in [0.1, 0.15) is 6.04 Å². The van der Waals surface area contributed by atoms with Gasteiger partial charge in [0.05, 0.1) is 16.9 Å². The molecule has 1 atom stereocenters. The fraction of sp³-hybridized carbons (Fsp3) is 0.500. The first-order valence-electron chi connectivity index (χ1n) is 7.05. The highest BCUT2D eigenvalue weighted by Gasteiger charge is 2.19. The van der Waals surface area contributed by atoms with Crippen LogP contribution in [-0.4, -0.2) is 25.5 Å². The number of aromatic nitrogens is 4. The second-order valence-electron chi connectivity index (χ2n) is 4.85. The Bertz CT molecular complexity index is 619. The number of nitrogens with one attached hydrogen (secondary N) is 1. The van der Waals surface area contributed by atoms with Crippen LogP contribution in [0.25, 0.3) is 0 Å². The van der Waals surface area contributed by atoms with Crippen LogP contribution in [-0.2, 0) is 17.9 Å². The standard InChI is InChI=1S/C14H20BrN5O/c1-4-13(20-9-12(15)8-18-20)14(21)16-6-11-7-17-19(5-2)10(11)3/h7-9,13H,4-6H2,1-3H3,(H,16,21). The molecule has 0 spiro atoms. The zero-order valence-corrected chi connectivity index (χ0v) is 14.1. The molecule has 1 unspecified atom stereocenters. The van der Waals surface area contributed by atoms with E-state index in [9.17, 15) is 4.79 Å². The molecule has 2 aromatic heterocycles. The minimum Gasteiger partial charge on any atom is -0.350 e. The Labute approximate surface area is 132 Å². The van der Waals surface area contributed by atoms with Crippen LogP contribution in [0, 0.1) is 6.92 Å². The summed E-state index contributed by atoms with van der Waals surface area (Å²) in [5, 5.41) is 11.4. The van der Waals surface area contributed by atoms with Crippen molar-refractivity contribution >= 4 is 21.8 Å². The Balaban J connectivity index is 2.01. The molecule has 0 aliphatic heterocycles. The van der Waals surface area contributed by atoms with E-state index in [1.54, 1.807) is 10.9 Å². The molecule has 21 heavy (non-hydrogen) atoms. The lowest BCUT2D eigenvalue weighted by molar-refractivity contribution is -0.124. The van der Waals surface area contributed by atoms with Crippen LogP contribution in [0.1, 0.15) is 37.6 Å². The summed E-state index contributed by atoms with van der Waals surface area (Å²) >= 11 is 3.35. The van der Waals surface area contributed by atoms with Crippen molar-refractivity contribution in [2.24, 2.45) is 0 Å². The average Bonchev–Trinajstić information content (AvgIpc) is 3.04. The molecule has 0 bridgehead atoms. The van der Waals surface area contributed by atoms with E-state index < -0.39 is 0 Å². The van der Waals surface area contributed by atoms with Crippen LogP contribution in [0.4, 0.5) is 0 Å². The molecule has 0 saturated heterocycles. The second-order valence-corrected chi connectivity index (χ2v) is 5.77. The molecule has 2 heterocycles. The van der Waals surface area contributed by atoms with E-state index in [1.807, 2.05) is 37.8 Å². The van der Waals surface area contributed by atoms with Crippen molar-refractivity contribution in [2.75, 3.05) is 0 Å². The van der Waals surface area contributed by atoms with Crippen molar-refractivity contribution in [3.63, 3.8) is 0 Å². The minimum absolute atomic E-state index is 0.0308. The lowest BCUT2D eigenvalue weighted by Gasteiger charge is -2.15. The molecular formula is C14H20BrN5O. The van der Waals surface area contributed by atoms with E-state index in [1.165, 1.54) is 0 Å². The fourth-order valence-electron chi connectivity index (χ4n) is 2.26. The summed E-state index contributed by atoms with van der Waals surface area (Å²) in [5.41, 5.74) is 2.13. The molecule has 6 nitrogen and oxygen atoms in total. The highest BCUT2D eigenvalue weighted by Crippen LogP contribution is 2.15. The summed E-state index contributed by atoms with van der Waals surface area (Å²) < 4.78 is 4.47. The van der Waals surface area contributed by atoms with Crippen molar-refractivity contribution in [2.45, 2.75) is 46.3 Å². The van der Waals surface area contributed by atoms with E-state index in [0.717, 1.165) is 22.3 Å². The number of carbonyl (C=O) groups is 1. The number of nitrogens with zero attached hydrogens (tertiary/aromatic N) is 4. The molecule has 114 valence electrons. The van der Waals surface area contributed by atoms with Gasteiger partial charge in [-0.2, -0.15) is 10.2 Å². The van der Waals surface area contributed by atoms with Crippen molar-refractivity contribution in [1.82, 2.24) is 24.9 Å². The third-order valence-electron chi connectivity index (χ3n) is 3.54. The molecule has 0 radical (unpaired) electrons. The van der Waals surface area contributed by atoms with Crippen molar-refractivity contribution in [1.29, 1.82) is 0 Å². The van der Waals surface area contributed by atoms with E-state index in [0.29, 0.717) is 13.0 Å². The summed E-state index contributed by atoms with van der Waals surface area (Å²) in [6.45, 7) is 7.35. The number of hydrogen-bond acceptors (Lipinski definition) is 3. The van der Waals surface area contributed by atoms with Crippen molar-refractivity contribution in [3.05, 3.63) is 34.3 Å². The zero-order valence-electron chi connectivity index (χ0n) is 12.5. The molecular weight excluding hydrogens is 334 g/mol. The molecule has 2 aromatic rings. The Morgan fingerprint density at radius 3 is 2.67 bits per heavy atom. The van der Waals surface area contributed by atoms with Crippen LogP contribution in [0.3, 0.4) is 0 Å². The Kier molecular flexibility index (Phi) is 5.17. The summed E-state index contributed by atoms with van der Waals surface area (Å²) in [7, 11) is 0. The summed E-state index contributed by atoms with van der Waals surface area (Å²) in [6.07, 6.45) is 6.00. The van der Waals surface area contributed by atoms with Crippen LogP contribution in [0.5, 0.6) is 0 Å². The van der Waals surface area contributed by atoms with Gasteiger partial charge in [-0.05, 0) is 36.2 Å². The number of aryl methyl sites for hydroxylation is 1. The predicted molar refractivity (Wildman–Crippen MR) is 83.7 cm³/mol. The highest BCUT2D eigenvalue weighted by atomic mass is 79.9. The largest absolute Gasteiger partial charge is 0.350 e. The van der Waals surface area contributed by atoms with Gasteiger partial charge >= 0.3 is 0 Å². The van der Waals surface area contributed by atoms with Gasteiger partial charge in [-0.1, -0.05) is 6.92 Å². The van der Waals surface area contributed by atoms with Gasteiger partial charge in [-0.15, -0.1) is 0 Å². The maximum absolute atomic E-state index is 12.3. The SMILES string of the molecule is CCC(C(=O)NCc1cnn(CC)c1C)n1cc(Br)cn1. The van der Waals surface area contributed by atoms with Gasteiger partial charge in [0.25, 0.3) is 0 Å². The topological polar surface area (TPSA) is 64.7 Å². The number of carbonyl (C=O) groups excluding carboxylic acids is 1. The fourth-order valence-corrected chi connectivity index (χ4v) is 2.56. The summed E-state index contributed by atoms with van der Waals surface area (Å²) in [6, 6.07) is -0.294. The van der Waals surface area contributed by atoms with E-state index >= 15 is 0 Å². The first kappa shape index (κ1) is 15.8. The zero-order chi connectivity index (χ0) is 15.4. The van der Waals surface area contributed by atoms with Gasteiger partial charge in [0.15, 0.2) is 0 Å². The maximum Gasteiger partial charge on any atom is 0.245 e. The maximum atomic E-state index is 12.3. The number of amides is 1. The molecule has 1 N–H and O–H groups in total. The first-order valence-corrected chi connectivity index (χ1v) is 7.84. The molecule has 7 heteroatoms.